The number of allylic oxidation sites excluding steroid dienone is 3. The van der Waals surface area contributed by atoms with E-state index in [-0.39, 0.29) is 0 Å². The van der Waals surface area contributed by atoms with Crippen LogP contribution in [0.4, 0.5) is 0 Å². The molecule has 102 valence electrons. The van der Waals surface area contributed by atoms with Gasteiger partial charge in [0.1, 0.15) is 12.1 Å². The Labute approximate surface area is 129 Å². The lowest BCUT2D eigenvalue weighted by Gasteiger charge is -2.17. The van der Waals surface area contributed by atoms with Crippen LogP contribution in [0.2, 0.25) is 0 Å². The summed E-state index contributed by atoms with van der Waals surface area (Å²) < 4.78 is 5.15. The van der Waals surface area contributed by atoms with Crippen molar-refractivity contribution < 1.29 is 4.74 Å². The van der Waals surface area contributed by atoms with E-state index in [4.69, 9.17) is 51.8 Å². The highest BCUT2D eigenvalue weighted by atomic mass is 35.6. The van der Waals surface area contributed by atoms with Gasteiger partial charge in [0.2, 0.25) is 0 Å². The molecule has 0 fully saturated rings. The lowest BCUT2D eigenvalue weighted by Crippen LogP contribution is -2.34. The van der Waals surface area contributed by atoms with Crippen molar-refractivity contribution >= 4 is 51.9 Å². The highest BCUT2D eigenvalue weighted by Gasteiger charge is 2.29. The molecular weight excluding hydrogens is 333 g/mol. The van der Waals surface area contributed by atoms with Crippen LogP contribution in [-0.4, -0.2) is 26.3 Å². The molecule has 1 atom stereocenters. The second kappa shape index (κ2) is 5.28. The number of alkyl halides is 3. The zero-order valence-corrected chi connectivity index (χ0v) is 12.7. The van der Waals surface area contributed by atoms with Gasteiger partial charge < -0.3 is 4.74 Å². The summed E-state index contributed by atoms with van der Waals surface area (Å²) in [6, 6.07) is -0.456. The number of halogens is 3. The molecule has 0 saturated heterocycles. The van der Waals surface area contributed by atoms with E-state index in [0.29, 0.717) is 10.6 Å². The van der Waals surface area contributed by atoms with Gasteiger partial charge in [-0.1, -0.05) is 53.1 Å². The number of aromatic nitrogens is 3. The van der Waals surface area contributed by atoms with Crippen molar-refractivity contribution in [3.63, 3.8) is 0 Å². The first-order chi connectivity index (χ1) is 8.84. The van der Waals surface area contributed by atoms with Gasteiger partial charge in [0.25, 0.3) is 3.92 Å². The molecule has 0 amide bonds. The number of hydrogen-bond donors (Lipinski definition) is 0. The summed E-state index contributed by atoms with van der Waals surface area (Å²) in [4.78, 5) is 12.6. The van der Waals surface area contributed by atoms with Gasteiger partial charge in [-0.15, -0.1) is 0 Å². The number of nitrogens with zero attached hydrogens (tertiary/aromatic N) is 3. The molecule has 1 heterocycles. The lowest BCUT2D eigenvalue weighted by molar-refractivity contribution is 0.306. The zero-order chi connectivity index (χ0) is 14.2. The number of methoxy groups -OCH3 is 1. The molecule has 0 aliphatic heterocycles. The average molecular weight is 341 g/mol. The number of thiocarbonyl (C=S) groups is 1. The van der Waals surface area contributed by atoms with Gasteiger partial charge in [-0.3, -0.25) is 4.57 Å². The fraction of sp³-hybridized carbons (Fsp3) is 0.300. The molecule has 1 aliphatic rings. The van der Waals surface area contributed by atoms with Gasteiger partial charge in [-0.05, 0) is 12.2 Å². The smallest absolute Gasteiger partial charge is 0.350 e. The van der Waals surface area contributed by atoms with Crippen molar-refractivity contribution in [2.24, 2.45) is 0 Å². The van der Waals surface area contributed by atoms with E-state index in [9.17, 15) is 4.79 Å². The van der Waals surface area contributed by atoms with Gasteiger partial charge >= 0.3 is 5.69 Å². The molecule has 2 rings (SSSR count). The Kier molecular flexibility index (Phi) is 4.06. The number of rotatable bonds is 2. The van der Waals surface area contributed by atoms with Crippen molar-refractivity contribution in [2.45, 2.75) is 9.96 Å². The molecule has 1 aromatic heterocycles. The van der Waals surface area contributed by atoms with Gasteiger partial charge in [0.05, 0.1) is 13.2 Å². The van der Waals surface area contributed by atoms with E-state index in [0.717, 1.165) is 4.68 Å². The van der Waals surface area contributed by atoms with Crippen LogP contribution >= 0.6 is 47.0 Å². The molecule has 0 radical (unpaired) electrons. The first-order valence-corrected chi connectivity index (χ1v) is 6.60. The number of ether oxygens (including phenoxy) is 1. The summed E-state index contributed by atoms with van der Waals surface area (Å²) in [5, 5.41) is 3.76. The summed E-state index contributed by atoms with van der Waals surface area (Å²) in [6.07, 6.45) is 6.35. The molecule has 9 heteroatoms. The SMILES string of the molecule is COC1=CC(=S)C(n2cnn(C(Cl)(Cl)Cl)c2=O)C=C1. The normalized spacial score (nSPS) is 19.5. The second-order valence-corrected chi connectivity index (χ2v) is 6.35. The van der Waals surface area contributed by atoms with Crippen LogP contribution in [-0.2, 0) is 8.65 Å². The highest BCUT2D eigenvalue weighted by molar-refractivity contribution is 7.80. The van der Waals surface area contributed by atoms with E-state index in [1.807, 2.05) is 0 Å². The Morgan fingerprint density at radius 3 is 2.63 bits per heavy atom. The summed E-state index contributed by atoms with van der Waals surface area (Å²) in [5.41, 5.74) is -0.564. The monoisotopic (exact) mass is 339 g/mol. The highest BCUT2D eigenvalue weighted by Crippen LogP contribution is 2.30. The van der Waals surface area contributed by atoms with Crippen molar-refractivity contribution in [3.05, 3.63) is 40.8 Å². The molecule has 1 aromatic rings. The molecule has 19 heavy (non-hydrogen) atoms. The van der Waals surface area contributed by atoms with Gasteiger partial charge in [0, 0.05) is 4.86 Å². The maximum Gasteiger partial charge on any atom is 0.350 e. The van der Waals surface area contributed by atoms with Crippen molar-refractivity contribution in [1.29, 1.82) is 0 Å². The molecule has 0 saturated carbocycles. The molecule has 1 unspecified atom stereocenters. The Bertz CT molecular complexity index is 627. The fourth-order valence-electron chi connectivity index (χ4n) is 1.59. The first-order valence-electron chi connectivity index (χ1n) is 5.05. The van der Waals surface area contributed by atoms with Crippen LogP contribution < -0.4 is 5.69 Å². The molecule has 0 aromatic carbocycles. The standard InChI is InChI=1S/C10H8Cl3N3O2S/c1-18-6-2-3-7(8(19)4-6)15-5-14-16(9(15)17)10(11,12)13/h2-5,7H,1H3. The van der Waals surface area contributed by atoms with Crippen LogP contribution in [0.15, 0.2) is 35.1 Å². The van der Waals surface area contributed by atoms with E-state index < -0.39 is 15.6 Å². The summed E-state index contributed by atoms with van der Waals surface area (Å²) >= 11 is 22.1. The van der Waals surface area contributed by atoms with Crippen molar-refractivity contribution in [2.75, 3.05) is 7.11 Å². The Morgan fingerprint density at radius 2 is 2.16 bits per heavy atom. The molecular formula is C10H8Cl3N3O2S. The third-order valence-corrected chi connectivity index (χ3v) is 3.33. The first kappa shape index (κ1) is 14.6. The van der Waals surface area contributed by atoms with Crippen LogP contribution in [0.25, 0.3) is 0 Å². The van der Waals surface area contributed by atoms with Crippen LogP contribution in [0.1, 0.15) is 6.04 Å². The summed E-state index contributed by atoms with van der Waals surface area (Å²) in [5.74, 6) is 0.614. The van der Waals surface area contributed by atoms with Gasteiger partial charge in [0.15, 0.2) is 0 Å². The molecule has 5 nitrogen and oxygen atoms in total. The minimum Gasteiger partial charge on any atom is -0.497 e. The zero-order valence-electron chi connectivity index (χ0n) is 9.59. The number of hydrogen-bond acceptors (Lipinski definition) is 4. The fourth-order valence-corrected chi connectivity index (χ4v) is 2.25. The Balaban J connectivity index is 2.39. The van der Waals surface area contributed by atoms with Crippen LogP contribution in [0, 0.1) is 0 Å². The minimum absolute atomic E-state index is 0.456. The maximum atomic E-state index is 12.1. The van der Waals surface area contributed by atoms with Crippen molar-refractivity contribution in [3.8, 4) is 0 Å². The minimum atomic E-state index is -1.93. The summed E-state index contributed by atoms with van der Waals surface area (Å²) in [6.45, 7) is 0. The Morgan fingerprint density at radius 1 is 1.47 bits per heavy atom. The average Bonchev–Trinajstić information content (AvgIpc) is 2.70. The summed E-state index contributed by atoms with van der Waals surface area (Å²) in [7, 11) is 1.53. The van der Waals surface area contributed by atoms with E-state index in [1.54, 1.807) is 18.2 Å². The van der Waals surface area contributed by atoms with Gasteiger partial charge in [-0.25, -0.2) is 4.79 Å². The molecule has 1 aliphatic carbocycles. The van der Waals surface area contributed by atoms with Crippen molar-refractivity contribution in [1.82, 2.24) is 14.3 Å². The topological polar surface area (TPSA) is 49.0 Å². The predicted octanol–water partition coefficient (Wildman–Crippen LogP) is 2.34. The predicted molar refractivity (Wildman–Crippen MR) is 77.9 cm³/mol. The quantitative estimate of drug-likeness (QED) is 0.612. The van der Waals surface area contributed by atoms with Gasteiger partial charge in [-0.2, -0.15) is 9.78 Å². The Hall–Kier alpha value is -0.820. The molecule has 0 spiro atoms. The van der Waals surface area contributed by atoms with Crippen LogP contribution in [0.5, 0.6) is 0 Å². The largest absolute Gasteiger partial charge is 0.497 e. The van der Waals surface area contributed by atoms with E-state index >= 15 is 0 Å². The molecule has 0 N–H and O–H groups in total. The molecule has 0 bridgehead atoms. The third-order valence-electron chi connectivity index (χ3n) is 2.49. The second-order valence-electron chi connectivity index (χ2n) is 3.66. The third kappa shape index (κ3) is 2.86. The maximum absolute atomic E-state index is 12.1. The van der Waals surface area contributed by atoms with E-state index in [1.165, 1.54) is 18.0 Å². The lowest BCUT2D eigenvalue weighted by atomic mass is 10.1. The van der Waals surface area contributed by atoms with E-state index in [2.05, 4.69) is 5.10 Å². The van der Waals surface area contributed by atoms with Crippen LogP contribution in [0.3, 0.4) is 0 Å².